The number of amides is 1. The van der Waals surface area contributed by atoms with Crippen LogP contribution in [0.25, 0.3) is 0 Å². The molecule has 1 aliphatic carbocycles. The van der Waals surface area contributed by atoms with E-state index >= 15 is 0 Å². The number of nitrogens with zero attached hydrogens (tertiary/aromatic N) is 2. The molecule has 3 rings (SSSR count). The van der Waals surface area contributed by atoms with E-state index in [1.807, 2.05) is 37.4 Å². The Hall–Kier alpha value is -2.08. The van der Waals surface area contributed by atoms with E-state index in [9.17, 15) is 4.79 Å². The molecule has 6 nitrogen and oxygen atoms in total. The van der Waals surface area contributed by atoms with Gasteiger partial charge in [-0.1, -0.05) is 30.3 Å². The summed E-state index contributed by atoms with van der Waals surface area (Å²) in [7, 11) is 1.82. The predicted molar refractivity (Wildman–Crippen MR) is 98.4 cm³/mol. The Kier molecular flexibility index (Phi) is 6.28. The van der Waals surface area contributed by atoms with Crippen LogP contribution in [-0.4, -0.2) is 55.7 Å². The molecule has 0 bridgehead atoms. The number of carbonyl (C=O) groups is 1. The van der Waals surface area contributed by atoms with Crippen molar-refractivity contribution in [2.24, 2.45) is 4.99 Å². The molecule has 1 aromatic rings. The molecular formula is C19H28N4O2. The maximum atomic E-state index is 12.4. The first-order valence-electron chi connectivity index (χ1n) is 9.15. The molecule has 2 N–H and O–H groups in total. The first-order chi connectivity index (χ1) is 12.2. The number of guanidine groups is 1. The number of likely N-dealkylation sites (N-methyl/N-ethyl adjacent to an activating group) is 1. The maximum Gasteiger partial charge on any atom is 0.244 e. The van der Waals surface area contributed by atoms with Crippen LogP contribution in [0.15, 0.2) is 35.3 Å². The summed E-state index contributed by atoms with van der Waals surface area (Å²) in [6.45, 7) is 2.34. The van der Waals surface area contributed by atoms with E-state index in [-0.39, 0.29) is 18.6 Å². The van der Waals surface area contributed by atoms with E-state index in [0.29, 0.717) is 12.6 Å². The molecule has 1 saturated carbocycles. The van der Waals surface area contributed by atoms with Crippen molar-refractivity contribution in [2.45, 2.75) is 44.4 Å². The fraction of sp³-hybridized carbons (Fsp3) is 0.579. The zero-order chi connectivity index (χ0) is 17.5. The highest BCUT2D eigenvalue weighted by Gasteiger charge is 2.23. The van der Waals surface area contributed by atoms with E-state index in [0.717, 1.165) is 37.5 Å². The van der Waals surface area contributed by atoms with Crippen LogP contribution >= 0.6 is 0 Å². The topological polar surface area (TPSA) is 66.0 Å². The highest BCUT2D eigenvalue weighted by atomic mass is 16.5. The second-order valence-corrected chi connectivity index (χ2v) is 6.83. The van der Waals surface area contributed by atoms with Crippen molar-refractivity contribution in [1.82, 2.24) is 15.5 Å². The maximum absolute atomic E-state index is 12.4. The smallest absolute Gasteiger partial charge is 0.244 e. The molecule has 6 heteroatoms. The lowest BCUT2D eigenvalue weighted by Crippen LogP contribution is -2.42. The van der Waals surface area contributed by atoms with Gasteiger partial charge in [0.2, 0.25) is 5.91 Å². The SMILES string of the molecule is CN(Cc1ccccc1)C(=O)CN=C(NCC1CCCO1)NC1CC1. The van der Waals surface area contributed by atoms with Crippen LogP contribution in [0, 0.1) is 0 Å². The molecule has 136 valence electrons. The molecule has 2 fully saturated rings. The summed E-state index contributed by atoms with van der Waals surface area (Å²) in [5.74, 6) is 0.734. The Morgan fingerprint density at radius 3 is 2.76 bits per heavy atom. The fourth-order valence-corrected chi connectivity index (χ4v) is 2.80. The number of carbonyl (C=O) groups excluding carboxylic acids is 1. The summed E-state index contributed by atoms with van der Waals surface area (Å²) in [6.07, 6.45) is 4.80. The largest absolute Gasteiger partial charge is 0.376 e. The van der Waals surface area contributed by atoms with Gasteiger partial charge in [0, 0.05) is 32.8 Å². The van der Waals surface area contributed by atoms with E-state index in [1.54, 1.807) is 4.90 Å². The highest BCUT2D eigenvalue weighted by molar-refractivity contribution is 5.85. The van der Waals surface area contributed by atoms with E-state index in [4.69, 9.17) is 4.74 Å². The number of hydrogen-bond donors (Lipinski definition) is 2. The van der Waals surface area contributed by atoms with Crippen molar-refractivity contribution < 1.29 is 9.53 Å². The van der Waals surface area contributed by atoms with Crippen molar-refractivity contribution in [1.29, 1.82) is 0 Å². The third-order valence-corrected chi connectivity index (χ3v) is 4.50. The molecular weight excluding hydrogens is 316 g/mol. The van der Waals surface area contributed by atoms with E-state index < -0.39 is 0 Å². The highest BCUT2D eigenvalue weighted by Crippen LogP contribution is 2.18. The minimum atomic E-state index is 0.0119. The molecule has 2 aliphatic rings. The number of hydrogen-bond acceptors (Lipinski definition) is 3. The predicted octanol–water partition coefficient (Wildman–Crippen LogP) is 1.52. The number of rotatable bonds is 7. The normalized spacial score (nSPS) is 20.4. The second-order valence-electron chi connectivity index (χ2n) is 6.83. The standard InChI is InChI=1S/C19H28N4O2/c1-23(14-15-6-3-2-4-7-15)18(24)13-21-19(22-16-9-10-16)20-12-17-8-5-11-25-17/h2-4,6-7,16-17H,5,8-14H2,1H3,(H2,20,21,22). The zero-order valence-corrected chi connectivity index (χ0v) is 14.9. The molecule has 1 aromatic carbocycles. The lowest BCUT2D eigenvalue weighted by Gasteiger charge is -2.18. The average Bonchev–Trinajstić information content (AvgIpc) is 3.29. The van der Waals surface area contributed by atoms with Gasteiger partial charge in [0.15, 0.2) is 5.96 Å². The second kappa shape index (κ2) is 8.85. The average molecular weight is 344 g/mol. The number of nitrogens with one attached hydrogen (secondary N) is 2. The summed E-state index contributed by atoms with van der Waals surface area (Å²) in [5.41, 5.74) is 1.12. The van der Waals surface area contributed by atoms with Crippen LogP contribution in [0.1, 0.15) is 31.2 Å². The van der Waals surface area contributed by atoms with Crippen LogP contribution < -0.4 is 10.6 Å². The Morgan fingerprint density at radius 2 is 2.08 bits per heavy atom. The van der Waals surface area contributed by atoms with Crippen LogP contribution in [0.3, 0.4) is 0 Å². The molecule has 1 aliphatic heterocycles. The van der Waals surface area contributed by atoms with Crippen LogP contribution in [-0.2, 0) is 16.1 Å². The molecule has 1 amide bonds. The van der Waals surface area contributed by atoms with Gasteiger partial charge >= 0.3 is 0 Å². The Morgan fingerprint density at radius 1 is 1.28 bits per heavy atom. The van der Waals surface area contributed by atoms with Gasteiger partial charge in [-0.3, -0.25) is 4.79 Å². The third-order valence-electron chi connectivity index (χ3n) is 4.50. The van der Waals surface area contributed by atoms with Gasteiger partial charge < -0.3 is 20.3 Å². The molecule has 0 spiro atoms. The first kappa shape index (κ1) is 17.7. The minimum absolute atomic E-state index is 0.0119. The van der Waals surface area contributed by atoms with Gasteiger partial charge in [0.05, 0.1) is 6.10 Å². The fourth-order valence-electron chi connectivity index (χ4n) is 2.80. The van der Waals surface area contributed by atoms with Crippen LogP contribution in [0.2, 0.25) is 0 Å². The number of benzene rings is 1. The van der Waals surface area contributed by atoms with Crippen LogP contribution in [0.4, 0.5) is 0 Å². The Balaban J connectivity index is 1.48. The van der Waals surface area contributed by atoms with Crippen LogP contribution in [0.5, 0.6) is 0 Å². The van der Waals surface area contributed by atoms with Crippen molar-refractivity contribution in [3.8, 4) is 0 Å². The summed E-state index contributed by atoms with van der Waals surface area (Å²) in [5, 5.41) is 6.69. The number of ether oxygens (including phenoxy) is 1. The quantitative estimate of drug-likeness (QED) is 0.581. The Labute approximate surface area is 149 Å². The van der Waals surface area contributed by atoms with Crippen molar-refractivity contribution in [3.63, 3.8) is 0 Å². The van der Waals surface area contributed by atoms with Gasteiger partial charge in [-0.15, -0.1) is 0 Å². The van der Waals surface area contributed by atoms with Gasteiger partial charge in [-0.2, -0.15) is 0 Å². The molecule has 25 heavy (non-hydrogen) atoms. The molecule has 1 saturated heterocycles. The van der Waals surface area contributed by atoms with E-state index in [2.05, 4.69) is 15.6 Å². The van der Waals surface area contributed by atoms with E-state index in [1.165, 1.54) is 12.8 Å². The molecule has 0 radical (unpaired) electrons. The summed E-state index contributed by atoms with van der Waals surface area (Å²) >= 11 is 0. The lowest BCUT2D eigenvalue weighted by atomic mass is 10.2. The van der Waals surface area contributed by atoms with Gasteiger partial charge in [0.25, 0.3) is 0 Å². The third kappa shape index (κ3) is 6.05. The van der Waals surface area contributed by atoms with Gasteiger partial charge in [-0.05, 0) is 31.2 Å². The zero-order valence-electron chi connectivity index (χ0n) is 14.9. The van der Waals surface area contributed by atoms with Gasteiger partial charge in [-0.25, -0.2) is 4.99 Å². The minimum Gasteiger partial charge on any atom is -0.376 e. The van der Waals surface area contributed by atoms with Crippen molar-refractivity contribution in [2.75, 3.05) is 26.7 Å². The Bertz CT molecular complexity index is 580. The molecule has 0 aromatic heterocycles. The summed E-state index contributed by atoms with van der Waals surface area (Å²) < 4.78 is 5.63. The molecule has 1 unspecified atom stereocenters. The first-order valence-corrected chi connectivity index (χ1v) is 9.15. The molecule has 1 heterocycles. The van der Waals surface area contributed by atoms with Crippen molar-refractivity contribution >= 4 is 11.9 Å². The monoisotopic (exact) mass is 344 g/mol. The van der Waals surface area contributed by atoms with Crippen molar-refractivity contribution in [3.05, 3.63) is 35.9 Å². The summed E-state index contributed by atoms with van der Waals surface area (Å²) in [4.78, 5) is 18.5. The summed E-state index contributed by atoms with van der Waals surface area (Å²) in [6, 6.07) is 10.5. The van der Waals surface area contributed by atoms with Gasteiger partial charge in [0.1, 0.15) is 6.54 Å². The number of aliphatic imine (C=N–C) groups is 1. The molecule has 1 atom stereocenters. The lowest BCUT2D eigenvalue weighted by molar-refractivity contribution is -0.128.